The zero-order valence-electron chi connectivity index (χ0n) is 16.7. The average molecular weight is 441 g/mol. The summed E-state index contributed by atoms with van der Waals surface area (Å²) in [4.78, 5) is 18.6. The highest BCUT2D eigenvalue weighted by atomic mass is 35.5. The largest absolute Gasteiger partial charge is 0.392 e. The lowest BCUT2D eigenvalue weighted by Gasteiger charge is -2.20. The summed E-state index contributed by atoms with van der Waals surface area (Å²) in [6.07, 6.45) is 1.14. The number of pyridine rings is 1. The van der Waals surface area contributed by atoms with Crippen LogP contribution in [0.25, 0.3) is 0 Å². The smallest absolute Gasteiger partial charge is 0.274 e. The van der Waals surface area contributed by atoms with Gasteiger partial charge in [0.1, 0.15) is 17.6 Å². The number of benzene rings is 2. The molecule has 1 saturated heterocycles. The lowest BCUT2D eigenvalue weighted by molar-refractivity contribution is 0.0785. The minimum Gasteiger partial charge on any atom is -0.392 e. The molecule has 3 aromatic rings. The Balaban J connectivity index is 1.55. The Hall–Kier alpha value is -2.80. The van der Waals surface area contributed by atoms with Crippen LogP contribution in [0, 0.1) is 5.82 Å². The Morgan fingerprint density at radius 1 is 1.23 bits per heavy atom. The fourth-order valence-corrected chi connectivity index (χ4v) is 4.30. The number of aromatic nitrogens is 1. The fourth-order valence-electron chi connectivity index (χ4n) is 4.10. The Kier molecular flexibility index (Phi) is 6.32. The molecule has 2 aromatic carbocycles. The van der Waals surface area contributed by atoms with Crippen LogP contribution in [0.2, 0.25) is 5.02 Å². The van der Waals surface area contributed by atoms with Crippen molar-refractivity contribution < 1.29 is 19.4 Å². The Morgan fingerprint density at radius 3 is 2.77 bits per heavy atom. The SMILES string of the molecule is O=C(c1ncccc1Cl)N1CCC(c2ccc(C(O)c3ccccc3F)cc2CO)C1. The van der Waals surface area contributed by atoms with E-state index in [-0.39, 0.29) is 29.7 Å². The van der Waals surface area contributed by atoms with Crippen LogP contribution in [0.1, 0.15) is 51.2 Å². The van der Waals surface area contributed by atoms with Crippen LogP contribution in [0.15, 0.2) is 60.8 Å². The second-order valence-corrected chi connectivity index (χ2v) is 8.02. The summed E-state index contributed by atoms with van der Waals surface area (Å²) >= 11 is 6.11. The van der Waals surface area contributed by atoms with E-state index >= 15 is 0 Å². The van der Waals surface area contributed by atoms with Crippen molar-refractivity contribution in [2.45, 2.75) is 25.0 Å². The molecule has 1 aliphatic rings. The van der Waals surface area contributed by atoms with Crippen molar-refractivity contribution in [3.05, 3.63) is 99.6 Å². The van der Waals surface area contributed by atoms with Crippen LogP contribution in [-0.4, -0.2) is 39.1 Å². The number of carbonyl (C=O) groups is 1. The van der Waals surface area contributed by atoms with Gasteiger partial charge in [-0.05, 0) is 41.3 Å². The molecule has 160 valence electrons. The van der Waals surface area contributed by atoms with E-state index in [9.17, 15) is 19.4 Å². The molecule has 1 amide bonds. The quantitative estimate of drug-likeness (QED) is 0.627. The molecule has 2 N–H and O–H groups in total. The zero-order chi connectivity index (χ0) is 22.0. The van der Waals surface area contributed by atoms with Gasteiger partial charge >= 0.3 is 0 Å². The van der Waals surface area contributed by atoms with E-state index < -0.39 is 11.9 Å². The first-order chi connectivity index (χ1) is 15.0. The molecule has 5 nitrogen and oxygen atoms in total. The minimum absolute atomic E-state index is 0.0354. The zero-order valence-corrected chi connectivity index (χ0v) is 17.5. The summed E-state index contributed by atoms with van der Waals surface area (Å²) < 4.78 is 14.1. The van der Waals surface area contributed by atoms with Gasteiger partial charge < -0.3 is 15.1 Å². The van der Waals surface area contributed by atoms with Gasteiger partial charge in [-0.2, -0.15) is 0 Å². The highest BCUT2D eigenvalue weighted by Crippen LogP contribution is 2.33. The topological polar surface area (TPSA) is 73.7 Å². The first-order valence-electron chi connectivity index (χ1n) is 10.1. The predicted molar refractivity (Wildman–Crippen MR) is 115 cm³/mol. The van der Waals surface area contributed by atoms with Crippen molar-refractivity contribution in [2.24, 2.45) is 0 Å². The molecule has 7 heteroatoms. The maximum Gasteiger partial charge on any atom is 0.274 e. The highest BCUT2D eigenvalue weighted by molar-refractivity contribution is 6.33. The summed E-state index contributed by atoms with van der Waals surface area (Å²) in [6, 6.07) is 14.7. The Morgan fingerprint density at radius 2 is 2.03 bits per heavy atom. The maximum atomic E-state index is 14.1. The van der Waals surface area contributed by atoms with Gasteiger partial charge in [-0.25, -0.2) is 9.37 Å². The summed E-state index contributed by atoms with van der Waals surface area (Å²) in [5.74, 6) is -0.666. The van der Waals surface area contributed by atoms with E-state index in [0.717, 1.165) is 12.0 Å². The predicted octanol–water partition coefficient (Wildman–Crippen LogP) is 4.08. The number of amides is 1. The van der Waals surface area contributed by atoms with E-state index in [1.54, 1.807) is 41.3 Å². The van der Waals surface area contributed by atoms with E-state index in [1.807, 2.05) is 6.07 Å². The van der Waals surface area contributed by atoms with E-state index in [2.05, 4.69) is 4.98 Å². The number of halogens is 2. The molecule has 1 aromatic heterocycles. The maximum absolute atomic E-state index is 14.1. The molecule has 1 aliphatic heterocycles. The van der Waals surface area contributed by atoms with Gasteiger partial charge in [-0.15, -0.1) is 0 Å². The number of aliphatic hydroxyl groups is 2. The van der Waals surface area contributed by atoms with Gasteiger partial charge in [0.25, 0.3) is 5.91 Å². The van der Waals surface area contributed by atoms with Gasteiger partial charge in [-0.1, -0.05) is 48.0 Å². The van der Waals surface area contributed by atoms with Crippen LogP contribution >= 0.6 is 11.6 Å². The lowest BCUT2D eigenvalue weighted by Crippen LogP contribution is -2.29. The van der Waals surface area contributed by atoms with Crippen LogP contribution in [0.4, 0.5) is 4.39 Å². The fraction of sp³-hybridized carbons (Fsp3) is 0.250. The molecule has 4 rings (SSSR count). The molecule has 2 heterocycles. The van der Waals surface area contributed by atoms with Crippen LogP contribution < -0.4 is 0 Å². The van der Waals surface area contributed by atoms with Crippen LogP contribution in [-0.2, 0) is 6.61 Å². The van der Waals surface area contributed by atoms with Crippen molar-refractivity contribution in [1.29, 1.82) is 0 Å². The molecule has 0 bridgehead atoms. The lowest BCUT2D eigenvalue weighted by atomic mass is 9.90. The highest BCUT2D eigenvalue weighted by Gasteiger charge is 2.31. The van der Waals surface area contributed by atoms with Gasteiger partial charge in [0.05, 0.1) is 11.6 Å². The number of carbonyl (C=O) groups excluding carboxylic acids is 1. The number of nitrogens with zero attached hydrogens (tertiary/aromatic N) is 2. The van der Waals surface area contributed by atoms with Gasteiger partial charge in [0.2, 0.25) is 0 Å². The third kappa shape index (κ3) is 4.32. The van der Waals surface area contributed by atoms with E-state index in [4.69, 9.17) is 11.6 Å². The van der Waals surface area contributed by atoms with Crippen LogP contribution in [0.5, 0.6) is 0 Å². The molecule has 0 spiro atoms. The normalized spacial score (nSPS) is 17.0. The molecule has 2 unspecified atom stereocenters. The Bertz CT molecular complexity index is 1110. The van der Waals surface area contributed by atoms with Crippen molar-refractivity contribution in [1.82, 2.24) is 9.88 Å². The van der Waals surface area contributed by atoms with Gasteiger partial charge in [0.15, 0.2) is 0 Å². The molecule has 2 atom stereocenters. The third-order valence-electron chi connectivity index (χ3n) is 5.73. The third-order valence-corrected chi connectivity index (χ3v) is 6.03. The van der Waals surface area contributed by atoms with Crippen LogP contribution in [0.3, 0.4) is 0 Å². The van der Waals surface area contributed by atoms with E-state index in [1.165, 1.54) is 18.3 Å². The first kappa shape index (κ1) is 21.4. The van der Waals surface area contributed by atoms with Crippen molar-refractivity contribution in [3.63, 3.8) is 0 Å². The number of likely N-dealkylation sites (tertiary alicyclic amines) is 1. The molecule has 1 fully saturated rings. The van der Waals surface area contributed by atoms with Crippen molar-refractivity contribution in [2.75, 3.05) is 13.1 Å². The Labute approximate surface area is 184 Å². The second-order valence-electron chi connectivity index (χ2n) is 7.61. The van der Waals surface area contributed by atoms with Gasteiger partial charge in [-0.3, -0.25) is 4.79 Å². The molecule has 0 radical (unpaired) electrons. The average Bonchev–Trinajstić information content (AvgIpc) is 3.28. The van der Waals surface area contributed by atoms with E-state index in [0.29, 0.717) is 29.2 Å². The molecule has 0 saturated carbocycles. The van der Waals surface area contributed by atoms with Crippen molar-refractivity contribution >= 4 is 17.5 Å². The molecular formula is C24H22ClFN2O3. The summed E-state index contributed by atoms with van der Waals surface area (Å²) in [6.45, 7) is 0.818. The standard InChI is InChI=1S/C24H22ClFN2O3/c25-20-5-3-10-27-22(20)24(31)28-11-9-16(13-28)18-8-7-15(12-17(18)14-29)23(30)19-4-1-2-6-21(19)26/h1-8,10,12,16,23,29-30H,9,11,13-14H2. The number of aliphatic hydroxyl groups excluding tert-OH is 2. The number of hydrogen-bond acceptors (Lipinski definition) is 4. The van der Waals surface area contributed by atoms with Crippen molar-refractivity contribution in [3.8, 4) is 0 Å². The first-order valence-corrected chi connectivity index (χ1v) is 10.4. The monoisotopic (exact) mass is 440 g/mol. The minimum atomic E-state index is -1.13. The second kappa shape index (κ2) is 9.14. The molecule has 31 heavy (non-hydrogen) atoms. The number of hydrogen-bond donors (Lipinski definition) is 2. The summed E-state index contributed by atoms with van der Waals surface area (Å²) in [5, 5.41) is 20.9. The number of rotatable bonds is 5. The summed E-state index contributed by atoms with van der Waals surface area (Å²) in [5.41, 5.74) is 2.49. The summed E-state index contributed by atoms with van der Waals surface area (Å²) in [7, 11) is 0. The molecule has 0 aliphatic carbocycles. The van der Waals surface area contributed by atoms with Gasteiger partial charge in [0, 0.05) is 30.8 Å². The molecular weight excluding hydrogens is 419 g/mol.